The average molecular weight is 341 g/mol. The number of ether oxygens (including phenoxy) is 2. The van der Waals surface area contributed by atoms with E-state index < -0.39 is 0 Å². The third kappa shape index (κ3) is 6.47. The molecule has 0 radical (unpaired) electrons. The summed E-state index contributed by atoms with van der Waals surface area (Å²) >= 11 is 0. The third-order valence-corrected chi connectivity index (χ3v) is 3.87. The maximum Gasteiger partial charge on any atom is 0.193 e. The number of hydrogen-bond donors (Lipinski definition) is 2. The van der Waals surface area contributed by atoms with Crippen LogP contribution in [-0.2, 0) is 11.3 Å². The monoisotopic (exact) mass is 341 g/mol. The van der Waals surface area contributed by atoms with Crippen LogP contribution in [0.1, 0.15) is 23.1 Å². The van der Waals surface area contributed by atoms with Crippen LogP contribution in [0.5, 0.6) is 5.75 Å². The van der Waals surface area contributed by atoms with Gasteiger partial charge in [0.1, 0.15) is 5.75 Å². The van der Waals surface area contributed by atoms with E-state index in [1.807, 2.05) is 30.3 Å². The molecule has 0 amide bonds. The molecular weight excluding hydrogens is 314 g/mol. The van der Waals surface area contributed by atoms with Crippen LogP contribution in [0, 0.1) is 13.8 Å². The Morgan fingerprint density at radius 1 is 1.08 bits per heavy atom. The number of nitrogens with two attached hydrogens (primary N) is 1. The van der Waals surface area contributed by atoms with E-state index in [0.717, 1.165) is 23.4 Å². The second kappa shape index (κ2) is 9.69. The first-order valence-electron chi connectivity index (χ1n) is 8.43. The lowest BCUT2D eigenvalue weighted by Crippen LogP contribution is -2.22. The number of aryl methyl sites for hydroxylation is 2. The molecule has 0 aliphatic carbocycles. The molecule has 2 rings (SSSR count). The normalized spacial score (nSPS) is 11.4. The van der Waals surface area contributed by atoms with Crippen LogP contribution in [0.3, 0.4) is 0 Å². The van der Waals surface area contributed by atoms with Gasteiger partial charge in [-0.2, -0.15) is 0 Å². The van der Waals surface area contributed by atoms with Crippen LogP contribution in [-0.4, -0.2) is 26.3 Å². The molecule has 3 N–H and O–H groups in total. The molecule has 0 spiro atoms. The van der Waals surface area contributed by atoms with Crippen LogP contribution in [0.25, 0.3) is 0 Å². The summed E-state index contributed by atoms with van der Waals surface area (Å²) in [5.74, 6) is 1.24. The van der Waals surface area contributed by atoms with Crippen LogP contribution in [0.15, 0.2) is 47.5 Å². The standard InChI is InChI=1S/C20H27N3O2/c1-15-8-9-18(12-16(15)2)23-20(21)22-14-17-6-4-7-19(13-17)25-11-5-10-24-3/h4,6-9,12-13H,5,10-11,14H2,1-3H3,(H3,21,22,23). The van der Waals surface area contributed by atoms with Crippen LogP contribution in [0.4, 0.5) is 5.69 Å². The number of hydrogen-bond acceptors (Lipinski definition) is 3. The molecule has 0 saturated heterocycles. The third-order valence-electron chi connectivity index (χ3n) is 3.87. The molecule has 0 saturated carbocycles. The van der Waals surface area contributed by atoms with Gasteiger partial charge in [0.05, 0.1) is 13.2 Å². The minimum Gasteiger partial charge on any atom is -0.493 e. The second-order valence-electron chi connectivity index (χ2n) is 5.97. The van der Waals surface area contributed by atoms with E-state index in [1.165, 1.54) is 11.1 Å². The van der Waals surface area contributed by atoms with Crippen molar-refractivity contribution in [2.75, 3.05) is 25.6 Å². The van der Waals surface area contributed by atoms with Crippen molar-refractivity contribution in [3.05, 3.63) is 59.2 Å². The van der Waals surface area contributed by atoms with Crippen LogP contribution < -0.4 is 15.8 Å². The van der Waals surface area contributed by atoms with Gasteiger partial charge in [-0.15, -0.1) is 0 Å². The summed E-state index contributed by atoms with van der Waals surface area (Å²) in [5, 5.41) is 3.13. The molecule has 25 heavy (non-hydrogen) atoms. The zero-order chi connectivity index (χ0) is 18.1. The van der Waals surface area contributed by atoms with Crippen LogP contribution in [0.2, 0.25) is 0 Å². The molecule has 2 aromatic rings. The lowest BCUT2D eigenvalue weighted by molar-refractivity contribution is 0.172. The predicted molar refractivity (Wildman–Crippen MR) is 103 cm³/mol. The number of nitrogens with one attached hydrogen (secondary N) is 1. The largest absolute Gasteiger partial charge is 0.493 e. The zero-order valence-corrected chi connectivity index (χ0v) is 15.2. The molecule has 0 aliphatic heterocycles. The molecule has 0 aliphatic rings. The number of rotatable bonds is 8. The highest BCUT2D eigenvalue weighted by atomic mass is 16.5. The fourth-order valence-electron chi connectivity index (χ4n) is 2.31. The molecule has 0 bridgehead atoms. The number of aliphatic imine (C=N–C) groups is 1. The molecular formula is C20H27N3O2. The fourth-order valence-corrected chi connectivity index (χ4v) is 2.31. The van der Waals surface area contributed by atoms with Crippen LogP contribution >= 0.6 is 0 Å². The topological polar surface area (TPSA) is 68.9 Å². The number of methoxy groups -OCH3 is 1. The Hall–Kier alpha value is -2.53. The first kappa shape index (κ1) is 18.8. The fraction of sp³-hybridized carbons (Fsp3) is 0.350. The molecule has 0 aromatic heterocycles. The molecule has 0 fully saturated rings. The van der Waals surface area contributed by atoms with E-state index in [4.69, 9.17) is 15.2 Å². The van der Waals surface area contributed by atoms with Gasteiger partial charge >= 0.3 is 0 Å². The predicted octanol–water partition coefficient (Wildman–Crippen LogP) is 3.65. The minimum absolute atomic E-state index is 0.398. The molecule has 0 unspecified atom stereocenters. The Morgan fingerprint density at radius 3 is 2.68 bits per heavy atom. The number of guanidine groups is 1. The lowest BCUT2D eigenvalue weighted by Gasteiger charge is -2.09. The van der Waals surface area contributed by atoms with Crippen molar-refractivity contribution in [2.24, 2.45) is 10.7 Å². The first-order valence-corrected chi connectivity index (χ1v) is 8.43. The van der Waals surface area contributed by atoms with E-state index >= 15 is 0 Å². The van der Waals surface area contributed by atoms with E-state index in [9.17, 15) is 0 Å². The van der Waals surface area contributed by atoms with Gasteiger partial charge in [-0.05, 0) is 54.8 Å². The summed E-state index contributed by atoms with van der Waals surface area (Å²) in [7, 11) is 1.69. The van der Waals surface area contributed by atoms with E-state index in [-0.39, 0.29) is 0 Å². The quantitative estimate of drug-likeness (QED) is 0.437. The molecule has 0 heterocycles. The Bertz CT molecular complexity index is 714. The molecule has 134 valence electrons. The van der Waals surface area contributed by atoms with Gasteiger partial charge in [0.25, 0.3) is 0 Å². The zero-order valence-electron chi connectivity index (χ0n) is 15.2. The average Bonchev–Trinajstić information content (AvgIpc) is 2.61. The first-order chi connectivity index (χ1) is 12.1. The van der Waals surface area contributed by atoms with Crippen molar-refractivity contribution in [2.45, 2.75) is 26.8 Å². The van der Waals surface area contributed by atoms with Gasteiger partial charge in [0.15, 0.2) is 5.96 Å². The van der Waals surface area contributed by atoms with E-state index in [1.54, 1.807) is 7.11 Å². The maximum atomic E-state index is 5.99. The smallest absolute Gasteiger partial charge is 0.193 e. The Labute approximate surface area is 149 Å². The van der Waals surface area contributed by atoms with Crippen molar-refractivity contribution >= 4 is 11.6 Å². The Kier molecular flexibility index (Phi) is 7.29. The van der Waals surface area contributed by atoms with Crippen molar-refractivity contribution in [3.63, 3.8) is 0 Å². The van der Waals surface area contributed by atoms with Crippen molar-refractivity contribution < 1.29 is 9.47 Å². The van der Waals surface area contributed by atoms with Gasteiger partial charge in [-0.1, -0.05) is 18.2 Å². The molecule has 5 heteroatoms. The van der Waals surface area contributed by atoms with Crippen molar-refractivity contribution in [3.8, 4) is 5.75 Å². The van der Waals surface area contributed by atoms with Crippen molar-refractivity contribution in [1.29, 1.82) is 0 Å². The summed E-state index contributed by atoms with van der Waals surface area (Å²) in [5.41, 5.74) is 10.5. The van der Waals surface area contributed by atoms with Gasteiger partial charge < -0.3 is 20.5 Å². The molecule has 5 nitrogen and oxygen atoms in total. The second-order valence-corrected chi connectivity index (χ2v) is 5.97. The van der Waals surface area contributed by atoms with Gasteiger partial charge in [0.2, 0.25) is 0 Å². The summed E-state index contributed by atoms with van der Waals surface area (Å²) in [4.78, 5) is 4.40. The highest BCUT2D eigenvalue weighted by molar-refractivity contribution is 5.92. The summed E-state index contributed by atoms with van der Waals surface area (Å²) < 4.78 is 10.7. The maximum absolute atomic E-state index is 5.99. The van der Waals surface area contributed by atoms with Gasteiger partial charge in [-0.3, -0.25) is 0 Å². The van der Waals surface area contributed by atoms with E-state index in [2.05, 4.69) is 36.3 Å². The number of nitrogens with zero attached hydrogens (tertiary/aromatic N) is 1. The molecule has 2 aromatic carbocycles. The molecule has 0 atom stereocenters. The number of anilines is 1. The van der Waals surface area contributed by atoms with E-state index in [0.29, 0.717) is 25.7 Å². The minimum atomic E-state index is 0.398. The van der Waals surface area contributed by atoms with Gasteiger partial charge in [-0.25, -0.2) is 4.99 Å². The lowest BCUT2D eigenvalue weighted by atomic mass is 10.1. The van der Waals surface area contributed by atoms with Gasteiger partial charge in [0, 0.05) is 25.8 Å². The highest BCUT2D eigenvalue weighted by Gasteiger charge is 2.00. The summed E-state index contributed by atoms with van der Waals surface area (Å²) in [6.45, 7) is 5.99. The Morgan fingerprint density at radius 2 is 1.92 bits per heavy atom. The SMILES string of the molecule is COCCCOc1cccc(CN=C(N)Nc2ccc(C)c(C)c2)c1. The number of benzene rings is 2. The van der Waals surface area contributed by atoms with Crippen molar-refractivity contribution in [1.82, 2.24) is 0 Å². The Balaban J connectivity index is 1.90. The summed E-state index contributed by atoms with van der Waals surface area (Å²) in [6, 6.07) is 14.0. The summed E-state index contributed by atoms with van der Waals surface area (Å²) in [6.07, 6.45) is 0.867. The highest BCUT2D eigenvalue weighted by Crippen LogP contribution is 2.15.